The Bertz CT molecular complexity index is 765. The van der Waals surface area contributed by atoms with Gasteiger partial charge in [-0.05, 0) is 18.6 Å². The topological polar surface area (TPSA) is 39.9 Å². The fourth-order valence-electron chi connectivity index (χ4n) is 2.33. The highest BCUT2D eigenvalue weighted by Crippen LogP contribution is 2.27. The van der Waals surface area contributed by atoms with E-state index in [4.69, 9.17) is 16.3 Å². The van der Waals surface area contributed by atoms with E-state index in [0.717, 1.165) is 34.0 Å². The first kappa shape index (κ1) is 14.4. The molecule has 0 fully saturated rings. The molecule has 0 aliphatic heterocycles. The number of halogens is 1. The number of alkyl halides is 1. The maximum Gasteiger partial charge on any atom is 0.146 e. The number of nitrogens with zero attached hydrogens (tertiary/aromatic N) is 3. The van der Waals surface area contributed by atoms with Crippen LogP contribution in [0.2, 0.25) is 0 Å². The summed E-state index contributed by atoms with van der Waals surface area (Å²) in [6.45, 7) is 2.83. The van der Waals surface area contributed by atoms with Crippen molar-refractivity contribution in [2.45, 2.75) is 25.8 Å². The van der Waals surface area contributed by atoms with Crippen LogP contribution in [0.3, 0.4) is 0 Å². The number of para-hydroxylation sites is 1. The molecular weight excluding hydrogens is 306 g/mol. The van der Waals surface area contributed by atoms with E-state index in [2.05, 4.69) is 21.5 Å². The van der Waals surface area contributed by atoms with Crippen molar-refractivity contribution in [2.75, 3.05) is 7.11 Å². The molecule has 110 valence electrons. The highest BCUT2D eigenvalue weighted by molar-refractivity contribution is 7.11. The molecule has 0 amide bonds. The van der Waals surface area contributed by atoms with Crippen molar-refractivity contribution < 1.29 is 4.74 Å². The molecule has 0 spiro atoms. The number of ether oxygens (including phenoxy) is 1. The van der Waals surface area contributed by atoms with Gasteiger partial charge in [-0.25, -0.2) is 9.97 Å². The molecule has 0 aliphatic rings. The van der Waals surface area contributed by atoms with Gasteiger partial charge in [0.1, 0.15) is 22.1 Å². The molecule has 2 aromatic heterocycles. The molecule has 2 heterocycles. The predicted octanol–water partition coefficient (Wildman–Crippen LogP) is 3.85. The van der Waals surface area contributed by atoms with Crippen molar-refractivity contribution in [1.29, 1.82) is 0 Å². The molecule has 0 aliphatic carbocycles. The van der Waals surface area contributed by atoms with Gasteiger partial charge in [0.25, 0.3) is 0 Å². The zero-order chi connectivity index (χ0) is 14.8. The lowest BCUT2D eigenvalue weighted by atomic mass is 10.3. The van der Waals surface area contributed by atoms with E-state index in [0.29, 0.717) is 12.4 Å². The number of thiazole rings is 1. The number of fused-ring (bicyclic) bond motifs is 1. The highest BCUT2D eigenvalue weighted by Gasteiger charge is 2.14. The molecular formula is C15H16ClN3OS. The Balaban J connectivity index is 2.07. The predicted molar refractivity (Wildman–Crippen MR) is 86.4 cm³/mol. The number of rotatable bonds is 5. The van der Waals surface area contributed by atoms with Crippen LogP contribution in [-0.2, 0) is 18.8 Å². The number of imidazole rings is 1. The minimum atomic E-state index is 0.365. The Kier molecular flexibility index (Phi) is 4.12. The van der Waals surface area contributed by atoms with Gasteiger partial charge in [-0.1, -0.05) is 13.0 Å². The first-order chi connectivity index (χ1) is 10.3. The SMILES string of the molecule is CCc1cnc(Cn2c(CCl)nc3c(OC)cccc32)s1. The first-order valence-corrected chi connectivity index (χ1v) is 8.13. The molecule has 1 aromatic carbocycles. The number of aryl methyl sites for hydroxylation is 1. The second-order valence-corrected chi connectivity index (χ2v) is 6.12. The van der Waals surface area contributed by atoms with Crippen molar-refractivity contribution >= 4 is 34.0 Å². The summed E-state index contributed by atoms with van der Waals surface area (Å²) in [5.74, 6) is 1.97. The van der Waals surface area contributed by atoms with Crippen LogP contribution in [0.15, 0.2) is 24.4 Å². The molecule has 3 aromatic rings. The minimum absolute atomic E-state index is 0.365. The Labute approximate surface area is 132 Å². The average Bonchev–Trinajstić information content (AvgIpc) is 3.12. The number of methoxy groups -OCH3 is 1. The quantitative estimate of drug-likeness (QED) is 0.670. The molecule has 0 bridgehead atoms. The van der Waals surface area contributed by atoms with E-state index in [1.807, 2.05) is 24.4 Å². The first-order valence-electron chi connectivity index (χ1n) is 6.78. The van der Waals surface area contributed by atoms with Gasteiger partial charge >= 0.3 is 0 Å². The molecule has 21 heavy (non-hydrogen) atoms. The van der Waals surface area contributed by atoms with Gasteiger partial charge in [-0.3, -0.25) is 0 Å². The van der Waals surface area contributed by atoms with Gasteiger partial charge < -0.3 is 9.30 Å². The van der Waals surface area contributed by atoms with E-state index in [1.165, 1.54) is 4.88 Å². The zero-order valence-corrected chi connectivity index (χ0v) is 13.5. The molecule has 6 heteroatoms. The fourth-order valence-corrected chi connectivity index (χ4v) is 3.39. The van der Waals surface area contributed by atoms with Crippen molar-refractivity contribution in [3.63, 3.8) is 0 Å². The van der Waals surface area contributed by atoms with E-state index in [-0.39, 0.29) is 0 Å². The Morgan fingerprint density at radius 2 is 2.24 bits per heavy atom. The largest absolute Gasteiger partial charge is 0.494 e. The Morgan fingerprint density at radius 3 is 2.90 bits per heavy atom. The Hall–Kier alpha value is -1.59. The average molecular weight is 322 g/mol. The zero-order valence-electron chi connectivity index (χ0n) is 12.0. The standard InChI is InChI=1S/C15H16ClN3OS/c1-3-10-8-17-14(21-10)9-19-11-5-4-6-12(20-2)15(11)18-13(19)7-16/h4-6,8H,3,7,9H2,1-2H3. The summed E-state index contributed by atoms with van der Waals surface area (Å²) in [7, 11) is 1.66. The second kappa shape index (κ2) is 6.03. The summed E-state index contributed by atoms with van der Waals surface area (Å²) >= 11 is 7.79. The van der Waals surface area contributed by atoms with Gasteiger partial charge in [-0.2, -0.15) is 0 Å². The van der Waals surface area contributed by atoms with Crippen molar-refractivity contribution in [3.8, 4) is 5.75 Å². The fraction of sp³-hybridized carbons (Fsp3) is 0.333. The third-order valence-corrected chi connectivity index (χ3v) is 4.77. The van der Waals surface area contributed by atoms with Crippen LogP contribution in [0.4, 0.5) is 0 Å². The molecule has 0 N–H and O–H groups in total. The molecule has 0 saturated heterocycles. The lowest BCUT2D eigenvalue weighted by molar-refractivity contribution is 0.419. The monoisotopic (exact) mass is 321 g/mol. The normalized spacial score (nSPS) is 11.2. The maximum atomic E-state index is 6.06. The maximum absolute atomic E-state index is 6.06. The molecule has 3 rings (SSSR count). The molecule has 4 nitrogen and oxygen atoms in total. The van der Waals surface area contributed by atoms with Gasteiger partial charge in [0.2, 0.25) is 0 Å². The molecule has 0 atom stereocenters. The third kappa shape index (κ3) is 2.63. The van der Waals surface area contributed by atoms with E-state index >= 15 is 0 Å². The minimum Gasteiger partial charge on any atom is -0.494 e. The number of hydrogen-bond acceptors (Lipinski definition) is 4. The Morgan fingerprint density at radius 1 is 1.38 bits per heavy atom. The van der Waals surface area contributed by atoms with Gasteiger partial charge in [0, 0.05) is 11.1 Å². The summed E-state index contributed by atoms with van der Waals surface area (Å²) < 4.78 is 7.49. The second-order valence-electron chi connectivity index (χ2n) is 4.65. The van der Waals surface area contributed by atoms with Crippen molar-refractivity contribution in [3.05, 3.63) is 40.1 Å². The van der Waals surface area contributed by atoms with E-state index in [9.17, 15) is 0 Å². The lowest BCUT2D eigenvalue weighted by Gasteiger charge is -2.05. The molecule has 0 radical (unpaired) electrons. The van der Waals surface area contributed by atoms with Gasteiger partial charge in [-0.15, -0.1) is 22.9 Å². The summed E-state index contributed by atoms with van der Waals surface area (Å²) in [6.07, 6.45) is 2.96. The molecule has 0 saturated carbocycles. The molecule has 0 unspecified atom stereocenters. The van der Waals surface area contributed by atoms with Crippen LogP contribution in [0.25, 0.3) is 11.0 Å². The van der Waals surface area contributed by atoms with Crippen LogP contribution in [0.5, 0.6) is 5.75 Å². The van der Waals surface area contributed by atoms with Crippen LogP contribution in [0.1, 0.15) is 22.6 Å². The van der Waals surface area contributed by atoms with E-state index < -0.39 is 0 Å². The van der Waals surface area contributed by atoms with Crippen molar-refractivity contribution in [1.82, 2.24) is 14.5 Å². The number of hydrogen-bond donors (Lipinski definition) is 0. The van der Waals surface area contributed by atoms with Crippen LogP contribution >= 0.6 is 22.9 Å². The summed E-state index contributed by atoms with van der Waals surface area (Å²) in [5.41, 5.74) is 1.88. The number of benzene rings is 1. The summed E-state index contributed by atoms with van der Waals surface area (Å²) in [5, 5.41) is 1.07. The van der Waals surface area contributed by atoms with Gasteiger partial charge in [0.05, 0.1) is 25.1 Å². The smallest absolute Gasteiger partial charge is 0.146 e. The van der Waals surface area contributed by atoms with Gasteiger partial charge in [0.15, 0.2) is 0 Å². The van der Waals surface area contributed by atoms with Crippen LogP contribution in [0, 0.1) is 0 Å². The van der Waals surface area contributed by atoms with E-state index in [1.54, 1.807) is 18.4 Å². The van der Waals surface area contributed by atoms with Crippen molar-refractivity contribution in [2.24, 2.45) is 0 Å². The van der Waals surface area contributed by atoms with Crippen LogP contribution < -0.4 is 4.74 Å². The highest BCUT2D eigenvalue weighted by atomic mass is 35.5. The lowest BCUT2D eigenvalue weighted by Crippen LogP contribution is -2.03. The number of aromatic nitrogens is 3. The summed E-state index contributed by atoms with van der Waals surface area (Å²) in [4.78, 5) is 10.4. The third-order valence-electron chi connectivity index (χ3n) is 3.40. The van der Waals surface area contributed by atoms with Crippen LogP contribution in [-0.4, -0.2) is 21.6 Å². The summed E-state index contributed by atoms with van der Waals surface area (Å²) in [6, 6.07) is 5.92.